The van der Waals surface area contributed by atoms with Crippen LogP contribution in [0.25, 0.3) is 0 Å². The molecule has 3 rings (SSSR count). The Balaban J connectivity index is 1.42. The molecule has 0 bridgehead atoms. The molecule has 2 atom stereocenters. The summed E-state index contributed by atoms with van der Waals surface area (Å²) in [5.41, 5.74) is 1.21. The second-order valence-corrected chi connectivity index (χ2v) is 6.85. The van der Waals surface area contributed by atoms with Crippen LogP contribution in [0, 0.1) is 11.8 Å². The van der Waals surface area contributed by atoms with E-state index in [-0.39, 0.29) is 11.8 Å². The number of hydrogen-bond acceptors (Lipinski definition) is 2. The van der Waals surface area contributed by atoms with Gasteiger partial charge in [0.2, 0.25) is 5.91 Å². The fourth-order valence-electron chi connectivity index (χ4n) is 3.61. The molecule has 2 aliphatic carbocycles. The molecule has 0 aliphatic heterocycles. The first kappa shape index (κ1) is 14.6. The molecule has 4 heteroatoms. The number of nitrogens with zero attached hydrogens (tertiary/aromatic N) is 2. The molecule has 2 fully saturated rings. The quantitative estimate of drug-likeness (QED) is 0.926. The maximum atomic E-state index is 12.3. The summed E-state index contributed by atoms with van der Waals surface area (Å²) >= 11 is 0. The number of hydrogen-bond donors (Lipinski definition) is 1. The molecule has 0 aromatic carbocycles. The SMILES string of the molecule is Cn1cc([C@@H]2C[C@@H]2C(=O)NCC2CCCCCCC2)cn1. The zero-order valence-electron chi connectivity index (χ0n) is 13.1. The van der Waals surface area contributed by atoms with Gasteiger partial charge in [-0.15, -0.1) is 0 Å². The van der Waals surface area contributed by atoms with Crippen molar-refractivity contribution in [1.82, 2.24) is 15.1 Å². The highest BCUT2D eigenvalue weighted by molar-refractivity contribution is 5.82. The third kappa shape index (κ3) is 3.86. The van der Waals surface area contributed by atoms with Crippen molar-refractivity contribution in [3.8, 4) is 0 Å². The lowest BCUT2D eigenvalue weighted by molar-refractivity contribution is -0.122. The smallest absolute Gasteiger partial charge is 0.223 e. The van der Waals surface area contributed by atoms with Crippen molar-refractivity contribution in [1.29, 1.82) is 0 Å². The minimum absolute atomic E-state index is 0.183. The van der Waals surface area contributed by atoms with Gasteiger partial charge in [-0.25, -0.2) is 0 Å². The van der Waals surface area contributed by atoms with Gasteiger partial charge in [0.05, 0.1) is 6.20 Å². The van der Waals surface area contributed by atoms with Crippen LogP contribution >= 0.6 is 0 Å². The van der Waals surface area contributed by atoms with E-state index in [1.807, 2.05) is 24.1 Å². The van der Waals surface area contributed by atoms with Gasteiger partial charge in [-0.05, 0) is 36.7 Å². The number of carbonyl (C=O) groups excluding carboxylic acids is 1. The number of amides is 1. The number of aromatic nitrogens is 2. The maximum Gasteiger partial charge on any atom is 0.223 e. The molecular weight excluding hydrogens is 262 g/mol. The van der Waals surface area contributed by atoms with Crippen LogP contribution in [-0.2, 0) is 11.8 Å². The third-order valence-electron chi connectivity index (χ3n) is 5.07. The highest BCUT2D eigenvalue weighted by atomic mass is 16.2. The van der Waals surface area contributed by atoms with E-state index < -0.39 is 0 Å². The van der Waals surface area contributed by atoms with Gasteiger partial charge < -0.3 is 5.32 Å². The molecule has 0 spiro atoms. The Kier molecular flexibility index (Phi) is 4.61. The van der Waals surface area contributed by atoms with Crippen LogP contribution in [0.2, 0.25) is 0 Å². The number of rotatable bonds is 4. The van der Waals surface area contributed by atoms with Gasteiger partial charge in [0.25, 0.3) is 0 Å². The summed E-state index contributed by atoms with van der Waals surface area (Å²) in [6, 6.07) is 0. The summed E-state index contributed by atoms with van der Waals surface area (Å²) in [5.74, 6) is 1.54. The van der Waals surface area contributed by atoms with Crippen molar-refractivity contribution in [3.05, 3.63) is 18.0 Å². The highest BCUT2D eigenvalue weighted by Crippen LogP contribution is 2.47. The molecule has 1 aromatic rings. The van der Waals surface area contributed by atoms with Crippen molar-refractivity contribution in [3.63, 3.8) is 0 Å². The van der Waals surface area contributed by atoms with E-state index in [4.69, 9.17) is 0 Å². The van der Waals surface area contributed by atoms with E-state index in [0.717, 1.165) is 13.0 Å². The van der Waals surface area contributed by atoms with Gasteiger partial charge >= 0.3 is 0 Å². The lowest BCUT2D eigenvalue weighted by atomic mass is 9.91. The first-order valence-electron chi connectivity index (χ1n) is 8.50. The maximum absolute atomic E-state index is 12.3. The number of nitrogens with one attached hydrogen (secondary N) is 1. The van der Waals surface area contributed by atoms with E-state index in [9.17, 15) is 4.79 Å². The Bertz CT molecular complexity index is 474. The average molecular weight is 289 g/mol. The van der Waals surface area contributed by atoms with Crippen LogP contribution < -0.4 is 5.32 Å². The Morgan fingerprint density at radius 3 is 2.67 bits per heavy atom. The summed E-state index contributed by atoms with van der Waals surface area (Å²) in [6.45, 7) is 0.884. The van der Waals surface area contributed by atoms with Gasteiger partial charge in [-0.1, -0.05) is 32.1 Å². The molecule has 1 amide bonds. The molecule has 4 nitrogen and oxygen atoms in total. The zero-order valence-corrected chi connectivity index (χ0v) is 13.1. The third-order valence-corrected chi connectivity index (χ3v) is 5.07. The largest absolute Gasteiger partial charge is 0.356 e. The summed E-state index contributed by atoms with van der Waals surface area (Å²) in [4.78, 5) is 12.3. The predicted molar refractivity (Wildman–Crippen MR) is 82.9 cm³/mol. The van der Waals surface area contributed by atoms with Crippen LogP contribution in [0.15, 0.2) is 12.4 Å². The molecule has 1 aromatic heterocycles. The van der Waals surface area contributed by atoms with E-state index in [0.29, 0.717) is 11.8 Å². The van der Waals surface area contributed by atoms with Crippen LogP contribution in [0.5, 0.6) is 0 Å². The normalized spacial score (nSPS) is 26.9. The Hall–Kier alpha value is -1.32. The van der Waals surface area contributed by atoms with Crippen molar-refractivity contribution in [2.45, 2.75) is 57.3 Å². The summed E-state index contributed by atoms with van der Waals surface area (Å²) < 4.78 is 1.82. The second kappa shape index (κ2) is 6.63. The van der Waals surface area contributed by atoms with Gasteiger partial charge in [-0.2, -0.15) is 5.10 Å². The molecule has 0 radical (unpaired) electrons. The summed E-state index contributed by atoms with van der Waals surface area (Å²) in [5, 5.41) is 7.40. The minimum Gasteiger partial charge on any atom is -0.356 e. The van der Waals surface area contributed by atoms with Gasteiger partial charge in [0, 0.05) is 25.7 Å². The molecule has 1 N–H and O–H groups in total. The monoisotopic (exact) mass is 289 g/mol. The molecule has 0 saturated heterocycles. The van der Waals surface area contributed by atoms with E-state index in [1.54, 1.807) is 0 Å². The molecule has 116 valence electrons. The van der Waals surface area contributed by atoms with E-state index in [1.165, 1.54) is 50.5 Å². The van der Waals surface area contributed by atoms with Gasteiger partial charge in [-0.3, -0.25) is 9.48 Å². The Morgan fingerprint density at radius 1 is 1.29 bits per heavy atom. The van der Waals surface area contributed by atoms with Gasteiger partial charge in [0.15, 0.2) is 0 Å². The first-order valence-corrected chi connectivity index (χ1v) is 8.50. The van der Waals surface area contributed by atoms with E-state index in [2.05, 4.69) is 10.4 Å². The lowest BCUT2D eigenvalue weighted by Gasteiger charge is -2.20. The Morgan fingerprint density at radius 2 is 2.00 bits per heavy atom. The van der Waals surface area contributed by atoms with Crippen molar-refractivity contribution >= 4 is 5.91 Å². The predicted octanol–water partition coefficient (Wildman–Crippen LogP) is 3.00. The number of aryl methyl sites for hydroxylation is 1. The molecular formula is C17H27N3O. The standard InChI is InChI=1S/C17H27N3O/c1-20-12-14(11-19-20)15-9-16(15)17(21)18-10-13-7-5-3-2-4-6-8-13/h11-13,15-16H,2-10H2,1H3,(H,18,21)/t15-,16-/m0/s1. The van der Waals surface area contributed by atoms with Crippen LogP contribution in [0.4, 0.5) is 0 Å². The average Bonchev–Trinajstić information content (AvgIpc) is 3.13. The number of carbonyl (C=O) groups is 1. The molecule has 2 saturated carbocycles. The summed E-state index contributed by atoms with van der Waals surface area (Å²) in [7, 11) is 1.93. The first-order chi connectivity index (χ1) is 10.2. The molecule has 21 heavy (non-hydrogen) atoms. The van der Waals surface area contributed by atoms with Crippen LogP contribution in [0.3, 0.4) is 0 Å². The van der Waals surface area contributed by atoms with E-state index >= 15 is 0 Å². The van der Waals surface area contributed by atoms with Gasteiger partial charge in [0.1, 0.15) is 0 Å². The van der Waals surface area contributed by atoms with Crippen molar-refractivity contribution < 1.29 is 4.79 Å². The Labute approximate surface area is 127 Å². The zero-order chi connectivity index (χ0) is 14.7. The fourth-order valence-corrected chi connectivity index (χ4v) is 3.61. The topological polar surface area (TPSA) is 46.9 Å². The highest BCUT2D eigenvalue weighted by Gasteiger charge is 2.44. The van der Waals surface area contributed by atoms with Crippen molar-refractivity contribution in [2.24, 2.45) is 18.9 Å². The lowest BCUT2D eigenvalue weighted by Crippen LogP contribution is -2.31. The summed E-state index contributed by atoms with van der Waals surface area (Å²) in [6.07, 6.45) is 14.3. The molecule has 1 heterocycles. The fraction of sp³-hybridized carbons (Fsp3) is 0.765. The van der Waals surface area contributed by atoms with Crippen molar-refractivity contribution in [2.75, 3.05) is 6.54 Å². The van der Waals surface area contributed by atoms with Crippen LogP contribution in [0.1, 0.15) is 62.8 Å². The minimum atomic E-state index is 0.183. The molecule has 2 aliphatic rings. The second-order valence-electron chi connectivity index (χ2n) is 6.85. The molecule has 0 unspecified atom stereocenters. The van der Waals surface area contributed by atoms with Crippen LogP contribution in [-0.4, -0.2) is 22.2 Å².